The van der Waals surface area contributed by atoms with E-state index < -0.39 is 0 Å². The summed E-state index contributed by atoms with van der Waals surface area (Å²) in [5.74, 6) is 2.64. The van der Waals surface area contributed by atoms with Gasteiger partial charge in [0.15, 0.2) is 11.3 Å². The molecule has 0 radical (unpaired) electrons. The van der Waals surface area contributed by atoms with Gasteiger partial charge in [-0.25, -0.2) is 4.79 Å². The molecule has 3 saturated carbocycles. The first-order valence-electron chi connectivity index (χ1n) is 13.4. The van der Waals surface area contributed by atoms with Gasteiger partial charge in [0.1, 0.15) is 23.4 Å². The first-order chi connectivity index (χ1) is 16.9. The third-order valence-electron chi connectivity index (χ3n) is 10.8. The average Bonchev–Trinajstić information content (AvgIpc) is 3.63. The van der Waals surface area contributed by atoms with E-state index in [0.717, 1.165) is 61.7 Å². The monoisotopic (exact) mass is 478 g/mol. The Morgan fingerprint density at radius 2 is 1.74 bits per heavy atom. The number of furan rings is 2. The van der Waals surface area contributed by atoms with Gasteiger partial charge < -0.3 is 18.6 Å². The fraction of sp³-hybridized carbons (Fsp3) is 0.679. The Hall–Kier alpha value is -2.57. The number of hydrogen-bond acceptors (Lipinski definition) is 7. The zero-order valence-electron chi connectivity index (χ0n) is 20.1. The molecule has 6 bridgehead atoms. The highest BCUT2D eigenvalue weighted by Gasteiger charge is 2.65. The summed E-state index contributed by atoms with van der Waals surface area (Å²) in [6, 6.07) is 0. The minimum Gasteiger partial charge on any atom is -0.462 e. The van der Waals surface area contributed by atoms with Crippen molar-refractivity contribution in [2.24, 2.45) is 47.3 Å². The van der Waals surface area contributed by atoms with Gasteiger partial charge in [0.25, 0.3) is 0 Å². The summed E-state index contributed by atoms with van der Waals surface area (Å²) in [6.07, 6.45) is 6.82. The predicted molar refractivity (Wildman–Crippen MR) is 122 cm³/mol. The third-order valence-corrected chi connectivity index (χ3v) is 10.8. The number of benzene rings is 1. The largest absolute Gasteiger partial charge is 0.462 e. The van der Waals surface area contributed by atoms with Crippen LogP contribution in [-0.2, 0) is 25.5 Å². The molecule has 3 aliphatic heterocycles. The Morgan fingerprint density at radius 3 is 2.60 bits per heavy atom. The van der Waals surface area contributed by atoms with E-state index in [1.165, 1.54) is 0 Å². The van der Waals surface area contributed by atoms with Crippen molar-refractivity contribution >= 4 is 29.1 Å². The lowest BCUT2D eigenvalue weighted by molar-refractivity contribution is -0.145. The number of fused-ring (bicyclic) bond motifs is 4. The maximum absolute atomic E-state index is 12.9. The molecule has 0 amide bonds. The molecule has 0 spiro atoms. The van der Waals surface area contributed by atoms with Crippen LogP contribution in [0.2, 0.25) is 0 Å². The molecule has 2 aromatic rings. The zero-order chi connectivity index (χ0) is 23.7. The number of esters is 3. The SMILES string of the molecule is Cc1c2c3oc1c(CC[C@@H]1C4C(=O)OC5C4CC1[C@H]5CC[C@H]1C[C@@H](C)C4CC1C(=O)O4)c3OC2=O. The van der Waals surface area contributed by atoms with Crippen molar-refractivity contribution in [2.75, 3.05) is 0 Å². The normalized spacial score (nSPS) is 42.4. The Labute approximate surface area is 203 Å². The minimum absolute atomic E-state index is 0.000571. The van der Waals surface area contributed by atoms with Crippen molar-refractivity contribution in [3.8, 4) is 5.75 Å². The Balaban J connectivity index is 1.00. The maximum atomic E-state index is 12.9. The lowest BCUT2D eigenvalue weighted by atomic mass is 9.68. The van der Waals surface area contributed by atoms with Crippen LogP contribution >= 0.6 is 0 Å². The highest BCUT2D eigenvalue weighted by atomic mass is 16.6. The highest BCUT2D eigenvalue weighted by Crippen LogP contribution is 2.63. The first-order valence-corrected chi connectivity index (χ1v) is 13.4. The van der Waals surface area contributed by atoms with Gasteiger partial charge in [-0.3, -0.25) is 9.59 Å². The van der Waals surface area contributed by atoms with Gasteiger partial charge in [0, 0.05) is 17.0 Å². The Morgan fingerprint density at radius 1 is 0.886 bits per heavy atom. The van der Waals surface area contributed by atoms with Crippen molar-refractivity contribution in [3.05, 3.63) is 16.7 Å². The molecule has 2 aromatic heterocycles. The van der Waals surface area contributed by atoms with Crippen molar-refractivity contribution in [2.45, 2.75) is 71.0 Å². The smallest absolute Gasteiger partial charge is 0.348 e. The molecule has 10 atom stereocenters. The van der Waals surface area contributed by atoms with Crippen LogP contribution in [0.3, 0.4) is 0 Å². The molecular weight excluding hydrogens is 448 g/mol. The van der Waals surface area contributed by atoms with Gasteiger partial charge in [0.05, 0.1) is 11.8 Å². The second kappa shape index (κ2) is 6.80. The second-order valence-electron chi connectivity index (χ2n) is 12.2. The van der Waals surface area contributed by atoms with Crippen molar-refractivity contribution in [3.63, 3.8) is 0 Å². The maximum Gasteiger partial charge on any atom is 0.348 e. The Bertz CT molecular complexity index is 1270. The number of rotatable bonds is 6. The number of ether oxygens (including phenoxy) is 3. The van der Waals surface area contributed by atoms with Gasteiger partial charge in [-0.15, -0.1) is 0 Å². The van der Waals surface area contributed by atoms with Crippen LogP contribution in [0.5, 0.6) is 5.75 Å². The van der Waals surface area contributed by atoms with E-state index >= 15 is 0 Å². The van der Waals surface area contributed by atoms with Crippen LogP contribution in [0.1, 0.15) is 66.9 Å². The fourth-order valence-electron chi connectivity index (χ4n) is 9.24. The lowest BCUT2D eigenvalue weighted by Gasteiger charge is -2.34. The quantitative estimate of drug-likeness (QED) is 0.567. The fourth-order valence-corrected chi connectivity index (χ4v) is 9.24. The molecule has 184 valence electrons. The number of hydrogen-bond donors (Lipinski definition) is 0. The number of aryl methyl sites for hydroxylation is 2. The molecule has 5 fully saturated rings. The highest BCUT2D eigenvalue weighted by molar-refractivity contribution is 6.11. The minimum atomic E-state index is -0.311. The summed E-state index contributed by atoms with van der Waals surface area (Å²) in [5.41, 5.74) is 3.82. The van der Waals surface area contributed by atoms with E-state index in [1.54, 1.807) is 0 Å². The van der Waals surface area contributed by atoms with E-state index in [1.807, 2.05) is 6.92 Å². The van der Waals surface area contributed by atoms with E-state index in [0.29, 0.717) is 52.4 Å². The molecule has 6 aliphatic rings. The number of carbonyl (C=O) groups excluding carboxylic acids is 3. The van der Waals surface area contributed by atoms with Gasteiger partial charge in [-0.2, -0.15) is 0 Å². The number of carbonyl (C=O) groups is 3. The van der Waals surface area contributed by atoms with Crippen LogP contribution in [0, 0.1) is 54.3 Å². The van der Waals surface area contributed by atoms with Crippen LogP contribution in [-0.4, -0.2) is 30.1 Å². The van der Waals surface area contributed by atoms with Gasteiger partial charge in [0.2, 0.25) is 0 Å². The van der Waals surface area contributed by atoms with Crippen molar-refractivity contribution in [1.29, 1.82) is 0 Å². The van der Waals surface area contributed by atoms with Crippen LogP contribution in [0.4, 0.5) is 0 Å². The molecule has 7 heteroatoms. The van der Waals surface area contributed by atoms with Gasteiger partial charge >= 0.3 is 17.9 Å². The van der Waals surface area contributed by atoms with E-state index in [4.69, 9.17) is 18.6 Å². The lowest BCUT2D eigenvalue weighted by Crippen LogP contribution is -2.35. The molecule has 7 nitrogen and oxygen atoms in total. The van der Waals surface area contributed by atoms with Crippen molar-refractivity contribution in [1.82, 2.24) is 0 Å². The standard InChI is InChI=1S/C28H30O7/c1-10-7-12(16-9-19(10)32-26(16)29)3-4-14-17-8-18-21(28(31)34-23(14)18)13(17)5-6-15-22-11(2)20-25(33-22)24(15)35-27(20)30/h10,12-14,16-19,21,23H,3-9H2,1-2H3/t10-,12+,13+,14-,16?,17?,18?,19?,21?,23?/m1/s1. The van der Waals surface area contributed by atoms with Gasteiger partial charge in [-0.1, -0.05) is 6.92 Å². The molecule has 3 aliphatic carbocycles. The van der Waals surface area contributed by atoms with Gasteiger partial charge in [-0.05, 0) is 81.5 Å². The molecule has 5 heterocycles. The van der Waals surface area contributed by atoms with E-state index in [9.17, 15) is 14.4 Å². The molecule has 6 unspecified atom stereocenters. The average molecular weight is 479 g/mol. The molecule has 0 aromatic carbocycles. The molecule has 35 heavy (non-hydrogen) atoms. The zero-order valence-corrected chi connectivity index (χ0v) is 20.1. The summed E-state index contributed by atoms with van der Waals surface area (Å²) in [7, 11) is 0. The van der Waals surface area contributed by atoms with E-state index in [2.05, 4.69) is 6.92 Å². The van der Waals surface area contributed by atoms with Crippen molar-refractivity contribution < 1.29 is 33.0 Å². The molecule has 8 rings (SSSR count). The Kier molecular flexibility index (Phi) is 4.00. The topological polar surface area (TPSA) is 92.0 Å². The summed E-state index contributed by atoms with van der Waals surface area (Å²) in [6.45, 7) is 4.12. The second-order valence-corrected chi connectivity index (χ2v) is 12.2. The van der Waals surface area contributed by atoms with Crippen LogP contribution in [0.15, 0.2) is 4.42 Å². The molecule has 0 N–H and O–H groups in total. The third kappa shape index (κ3) is 2.54. The summed E-state index contributed by atoms with van der Waals surface area (Å²) in [5, 5.41) is 0. The van der Waals surface area contributed by atoms with Crippen LogP contribution < -0.4 is 4.74 Å². The van der Waals surface area contributed by atoms with E-state index in [-0.39, 0.29) is 42.0 Å². The molecule has 2 saturated heterocycles. The summed E-state index contributed by atoms with van der Waals surface area (Å²) < 4.78 is 23.0. The first kappa shape index (κ1) is 20.6. The summed E-state index contributed by atoms with van der Waals surface area (Å²) >= 11 is 0. The molecular formula is C28H30O7. The predicted octanol–water partition coefficient (Wildman–Crippen LogP) is 4.44. The van der Waals surface area contributed by atoms with Crippen LogP contribution in [0.25, 0.3) is 11.2 Å². The summed E-state index contributed by atoms with van der Waals surface area (Å²) in [4.78, 5) is 37.4.